The van der Waals surface area contributed by atoms with Crippen LogP contribution < -0.4 is 10.6 Å². The molecule has 0 saturated heterocycles. The van der Waals surface area contributed by atoms with E-state index < -0.39 is 35.6 Å². The number of thiol groups is 1. The molecule has 0 bridgehead atoms. The molecule has 2 aromatic carbocycles. The zero-order valence-corrected chi connectivity index (χ0v) is 21.0. The average Bonchev–Trinajstić information content (AvgIpc) is 2.76. The lowest BCUT2D eigenvalue weighted by atomic mass is 10.0. The maximum absolute atomic E-state index is 13.4. The lowest BCUT2D eigenvalue weighted by Crippen LogP contribution is -2.51. The van der Waals surface area contributed by atoms with E-state index in [9.17, 15) is 14.4 Å². The topological polar surface area (TPSA) is 87.7 Å². The number of hydrogen-bond donors (Lipinski definition) is 3. The van der Waals surface area contributed by atoms with Gasteiger partial charge in [0.2, 0.25) is 0 Å². The summed E-state index contributed by atoms with van der Waals surface area (Å²) in [5.41, 5.74) is 2.22. The van der Waals surface area contributed by atoms with Crippen molar-refractivity contribution in [1.29, 1.82) is 0 Å². The third-order valence-corrected chi connectivity index (χ3v) is 5.22. The van der Waals surface area contributed by atoms with E-state index in [0.717, 1.165) is 16.0 Å². The van der Waals surface area contributed by atoms with Crippen LogP contribution in [0.15, 0.2) is 48.5 Å². The number of nitrogens with zero attached hydrogens (tertiary/aromatic N) is 1. The van der Waals surface area contributed by atoms with Crippen LogP contribution in [0.2, 0.25) is 0 Å². The Morgan fingerprint density at radius 2 is 1.71 bits per heavy atom. The van der Waals surface area contributed by atoms with Crippen LogP contribution in [-0.4, -0.2) is 40.2 Å². The highest BCUT2D eigenvalue weighted by atomic mass is 32.1. The van der Waals surface area contributed by atoms with Crippen molar-refractivity contribution in [3.8, 4) is 12.5 Å². The number of para-hydroxylation sites is 1. The number of hydrogen-bond acceptors (Lipinski definition) is 5. The van der Waals surface area contributed by atoms with Gasteiger partial charge in [-0.05, 0) is 51.8 Å². The predicted octanol–water partition coefficient (Wildman–Crippen LogP) is 4.23. The monoisotopic (exact) mass is 481 g/mol. The zero-order chi connectivity index (χ0) is 25.5. The normalized spacial score (nSPS) is 12.6. The van der Waals surface area contributed by atoms with Crippen molar-refractivity contribution in [2.24, 2.45) is 0 Å². The van der Waals surface area contributed by atoms with Gasteiger partial charge in [0.05, 0.1) is 0 Å². The minimum Gasteiger partial charge on any atom is -0.444 e. The lowest BCUT2D eigenvalue weighted by Gasteiger charge is -2.30. The second-order valence-corrected chi connectivity index (χ2v) is 9.20. The van der Waals surface area contributed by atoms with Crippen molar-refractivity contribution in [3.63, 3.8) is 0 Å². The molecule has 0 spiro atoms. The van der Waals surface area contributed by atoms with Gasteiger partial charge in [-0.25, -0.2) is 4.79 Å². The number of amides is 3. The number of anilines is 1. The maximum atomic E-state index is 13.4. The van der Waals surface area contributed by atoms with Crippen LogP contribution in [-0.2, 0) is 14.3 Å². The maximum Gasteiger partial charge on any atom is 0.408 e. The third-order valence-electron chi connectivity index (χ3n) is 4.85. The largest absolute Gasteiger partial charge is 0.444 e. The Hall–Kier alpha value is -3.44. The summed E-state index contributed by atoms with van der Waals surface area (Å²) in [6.07, 6.45) is 4.95. The van der Waals surface area contributed by atoms with Crippen LogP contribution in [0, 0.1) is 26.3 Å². The van der Waals surface area contributed by atoms with Crippen molar-refractivity contribution in [3.05, 3.63) is 65.2 Å². The molecule has 0 aromatic heterocycles. The van der Waals surface area contributed by atoms with E-state index in [1.807, 2.05) is 38.1 Å². The number of nitrogens with one attached hydrogen (secondary N) is 2. The number of carbonyl (C=O) groups is 3. The van der Waals surface area contributed by atoms with Crippen LogP contribution in [0.5, 0.6) is 0 Å². The van der Waals surface area contributed by atoms with E-state index in [0.29, 0.717) is 11.3 Å². The molecular formula is C26H31N3O4S. The van der Waals surface area contributed by atoms with E-state index in [1.54, 1.807) is 45.0 Å². The molecule has 2 aromatic rings. The van der Waals surface area contributed by atoms with Crippen molar-refractivity contribution < 1.29 is 19.1 Å². The first-order valence-electron chi connectivity index (χ1n) is 10.8. The minimum atomic E-state index is -1.14. The summed E-state index contributed by atoms with van der Waals surface area (Å²) in [5, 5.41) is 5.36. The lowest BCUT2D eigenvalue weighted by molar-refractivity contribution is -0.136. The molecule has 0 aliphatic carbocycles. The number of terminal acetylenes is 1. The summed E-state index contributed by atoms with van der Waals surface area (Å²) in [5.74, 6) is -1.19. The van der Waals surface area contributed by atoms with Gasteiger partial charge in [-0.2, -0.15) is 12.6 Å². The quantitative estimate of drug-likeness (QED) is 0.314. The first kappa shape index (κ1) is 26.8. The number of alkyl carbamates (subject to hydrolysis) is 1. The van der Waals surface area contributed by atoms with Gasteiger partial charge in [-0.15, -0.1) is 0 Å². The number of carbonyl (C=O) groups excluding carboxylic acids is 3. The summed E-state index contributed by atoms with van der Waals surface area (Å²) in [4.78, 5) is 40.1. The molecule has 0 fully saturated rings. The second kappa shape index (κ2) is 11.6. The molecule has 2 atom stereocenters. The molecule has 0 saturated carbocycles. The molecule has 0 radical (unpaired) electrons. The van der Waals surface area contributed by atoms with Crippen LogP contribution in [0.4, 0.5) is 10.5 Å². The van der Waals surface area contributed by atoms with E-state index in [-0.39, 0.29) is 5.75 Å². The highest BCUT2D eigenvalue weighted by Gasteiger charge is 2.35. The summed E-state index contributed by atoms with van der Waals surface area (Å²) in [6.45, 7) is 8.91. The predicted molar refractivity (Wildman–Crippen MR) is 136 cm³/mol. The van der Waals surface area contributed by atoms with Crippen molar-refractivity contribution in [1.82, 2.24) is 10.2 Å². The summed E-state index contributed by atoms with van der Waals surface area (Å²) in [7, 11) is 0. The molecule has 34 heavy (non-hydrogen) atoms. The van der Waals surface area contributed by atoms with Crippen molar-refractivity contribution in [2.75, 3.05) is 11.1 Å². The van der Waals surface area contributed by atoms with Gasteiger partial charge < -0.3 is 15.4 Å². The Bertz CT molecular complexity index is 1070. The first-order chi connectivity index (χ1) is 16.0. The van der Waals surface area contributed by atoms with Gasteiger partial charge >= 0.3 is 6.09 Å². The summed E-state index contributed by atoms with van der Waals surface area (Å²) < 4.78 is 5.25. The Kier molecular flexibility index (Phi) is 9.16. The Morgan fingerprint density at radius 1 is 1.09 bits per heavy atom. The van der Waals surface area contributed by atoms with Gasteiger partial charge in [0.1, 0.15) is 17.7 Å². The second-order valence-electron chi connectivity index (χ2n) is 8.84. The van der Waals surface area contributed by atoms with Gasteiger partial charge in [0, 0.05) is 17.5 Å². The number of ether oxygens (including phenoxy) is 1. The Labute approximate surface area is 206 Å². The highest BCUT2D eigenvalue weighted by Crippen LogP contribution is 2.25. The molecule has 180 valence electrons. The highest BCUT2D eigenvalue weighted by molar-refractivity contribution is 7.80. The standard InChI is InChI=1S/C26H31N3O4S/c1-7-29(24(31)21(16-34)28-25(32)33-26(4,5)6)22(19-14-12-17(2)13-15-19)23(30)27-20-11-9-8-10-18(20)3/h1,8-15,21-22,34H,16H2,2-6H3,(H,27,30)(H,28,32). The van der Waals surface area contributed by atoms with E-state index >= 15 is 0 Å². The number of rotatable bonds is 7. The van der Waals surface area contributed by atoms with E-state index in [1.165, 1.54) is 0 Å². The average molecular weight is 482 g/mol. The van der Waals surface area contributed by atoms with E-state index in [4.69, 9.17) is 11.2 Å². The van der Waals surface area contributed by atoms with Gasteiger partial charge in [-0.1, -0.05) is 54.5 Å². The zero-order valence-electron chi connectivity index (χ0n) is 20.1. The fraction of sp³-hybridized carbons (Fsp3) is 0.346. The fourth-order valence-corrected chi connectivity index (χ4v) is 3.40. The molecule has 7 nitrogen and oxygen atoms in total. The molecule has 2 unspecified atom stereocenters. The summed E-state index contributed by atoms with van der Waals surface area (Å²) in [6, 6.07) is 14.5. The molecule has 2 N–H and O–H groups in total. The minimum absolute atomic E-state index is 0.0454. The van der Waals surface area contributed by atoms with Crippen molar-refractivity contribution in [2.45, 2.75) is 52.3 Å². The Morgan fingerprint density at radius 3 is 2.24 bits per heavy atom. The Balaban J connectivity index is 2.40. The molecule has 8 heteroatoms. The van der Waals surface area contributed by atoms with Crippen LogP contribution >= 0.6 is 12.6 Å². The van der Waals surface area contributed by atoms with Gasteiger partial charge in [0.15, 0.2) is 0 Å². The van der Waals surface area contributed by atoms with E-state index in [2.05, 4.69) is 29.3 Å². The summed E-state index contributed by atoms with van der Waals surface area (Å²) >= 11 is 4.20. The van der Waals surface area contributed by atoms with Crippen LogP contribution in [0.25, 0.3) is 0 Å². The van der Waals surface area contributed by atoms with Crippen LogP contribution in [0.1, 0.15) is 43.5 Å². The van der Waals surface area contributed by atoms with Crippen LogP contribution in [0.3, 0.4) is 0 Å². The molecule has 2 rings (SSSR count). The smallest absolute Gasteiger partial charge is 0.408 e. The SMILES string of the molecule is C#CN(C(=O)C(CS)NC(=O)OC(C)(C)C)C(C(=O)Nc1ccccc1C)c1ccc(C)cc1. The first-order valence-corrected chi connectivity index (χ1v) is 11.4. The number of aryl methyl sites for hydroxylation is 2. The third kappa shape index (κ3) is 7.29. The van der Waals surface area contributed by atoms with Gasteiger partial charge in [0.25, 0.3) is 11.8 Å². The molecule has 0 heterocycles. The van der Waals surface area contributed by atoms with Crippen molar-refractivity contribution >= 4 is 36.2 Å². The molecular weight excluding hydrogens is 450 g/mol. The molecule has 0 aliphatic heterocycles. The van der Waals surface area contributed by atoms with Gasteiger partial charge in [-0.3, -0.25) is 14.5 Å². The fourth-order valence-electron chi connectivity index (χ4n) is 3.15. The number of benzene rings is 2. The molecule has 0 aliphatic rings. The molecule has 3 amide bonds.